The maximum Gasteiger partial charge on any atom is 0.315 e. The highest BCUT2D eigenvalue weighted by Gasteiger charge is 2.41. The molecule has 0 aromatic heterocycles. The number of aliphatic hydroxyl groups is 1. The van der Waals surface area contributed by atoms with Crippen molar-refractivity contribution < 1.29 is 19.0 Å². The van der Waals surface area contributed by atoms with Crippen LogP contribution in [0.15, 0.2) is 18.2 Å². The fourth-order valence-corrected chi connectivity index (χ4v) is 3.15. The fraction of sp³-hybridized carbons (Fsp3) is 0.533. The third-order valence-electron chi connectivity index (χ3n) is 4.21. The number of nitrogens with one attached hydrogen (secondary N) is 2. The molecule has 1 aromatic rings. The molecule has 5 nitrogen and oxygen atoms in total. The molecule has 2 fully saturated rings. The Kier molecular flexibility index (Phi) is 4.52. The van der Waals surface area contributed by atoms with Crippen molar-refractivity contribution in [2.45, 2.75) is 43.6 Å². The minimum Gasteiger partial charge on any atom is -0.387 e. The molecule has 22 heavy (non-hydrogen) atoms. The summed E-state index contributed by atoms with van der Waals surface area (Å²) in [6.45, 7) is -0.00538. The van der Waals surface area contributed by atoms with Gasteiger partial charge in [0.25, 0.3) is 0 Å². The maximum absolute atomic E-state index is 13.3. The monoisotopic (exact) mass is 328 g/mol. The lowest BCUT2D eigenvalue weighted by molar-refractivity contribution is 0.0979. The summed E-state index contributed by atoms with van der Waals surface area (Å²) in [5, 5.41) is 15.4. The number of fused-ring (bicyclic) bond motifs is 2. The molecule has 2 aliphatic rings. The van der Waals surface area contributed by atoms with E-state index in [4.69, 9.17) is 16.3 Å². The molecule has 7 heteroatoms. The smallest absolute Gasteiger partial charge is 0.315 e. The molecule has 3 rings (SSSR count). The van der Waals surface area contributed by atoms with Crippen LogP contribution in [0.5, 0.6) is 0 Å². The van der Waals surface area contributed by atoms with Gasteiger partial charge in [-0.25, -0.2) is 9.18 Å². The fourth-order valence-electron chi connectivity index (χ4n) is 3.04. The van der Waals surface area contributed by atoms with E-state index in [1.807, 2.05) is 0 Å². The summed E-state index contributed by atoms with van der Waals surface area (Å²) in [7, 11) is 0. The summed E-state index contributed by atoms with van der Waals surface area (Å²) >= 11 is 5.59. The molecule has 2 bridgehead atoms. The Balaban J connectivity index is 1.47. The largest absolute Gasteiger partial charge is 0.387 e. The molecule has 0 aliphatic carbocycles. The van der Waals surface area contributed by atoms with Crippen molar-refractivity contribution in [2.24, 2.45) is 0 Å². The molecule has 1 aromatic carbocycles. The third-order valence-corrected chi connectivity index (χ3v) is 4.51. The number of hydrogen-bond acceptors (Lipinski definition) is 3. The van der Waals surface area contributed by atoms with Crippen molar-refractivity contribution in [3.63, 3.8) is 0 Å². The quantitative estimate of drug-likeness (QED) is 0.793. The molecule has 0 saturated carbocycles. The lowest BCUT2D eigenvalue weighted by atomic mass is 9.96. The van der Waals surface area contributed by atoms with E-state index in [2.05, 4.69) is 10.6 Å². The summed E-state index contributed by atoms with van der Waals surface area (Å²) < 4.78 is 19.0. The van der Waals surface area contributed by atoms with E-state index in [9.17, 15) is 14.3 Å². The van der Waals surface area contributed by atoms with Gasteiger partial charge in [-0.1, -0.05) is 17.7 Å². The van der Waals surface area contributed by atoms with Crippen LogP contribution < -0.4 is 10.6 Å². The van der Waals surface area contributed by atoms with Gasteiger partial charge in [0.1, 0.15) is 5.82 Å². The summed E-state index contributed by atoms with van der Waals surface area (Å²) in [6, 6.07) is 3.75. The summed E-state index contributed by atoms with van der Waals surface area (Å²) in [6.07, 6.45) is 2.24. The van der Waals surface area contributed by atoms with E-state index in [0.29, 0.717) is 5.56 Å². The van der Waals surface area contributed by atoms with Gasteiger partial charge in [0, 0.05) is 6.54 Å². The minimum absolute atomic E-state index is 0.00191. The molecular formula is C15H18ClFN2O3. The Morgan fingerprint density at radius 2 is 2.32 bits per heavy atom. The van der Waals surface area contributed by atoms with Gasteiger partial charge in [0.05, 0.1) is 29.4 Å². The van der Waals surface area contributed by atoms with Crippen LogP contribution in [0.1, 0.15) is 30.9 Å². The van der Waals surface area contributed by atoms with E-state index in [1.54, 1.807) is 0 Å². The molecule has 2 saturated heterocycles. The lowest BCUT2D eigenvalue weighted by Gasteiger charge is -2.21. The number of ether oxygens (including phenoxy) is 1. The van der Waals surface area contributed by atoms with Crippen LogP contribution in [-0.4, -0.2) is 35.9 Å². The SMILES string of the molecule is O=C(NC[C@H](O)c1ccc(Cl)c(F)c1)N[C@@H]1C[C@@H]2CC[C@@H]1O2. The first-order valence-electron chi connectivity index (χ1n) is 7.36. The second kappa shape index (κ2) is 6.40. The highest BCUT2D eigenvalue weighted by Crippen LogP contribution is 2.34. The van der Waals surface area contributed by atoms with Crippen LogP contribution in [0, 0.1) is 5.82 Å². The number of aliphatic hydroxyl groups excluding tert-OH is 1. The van der Waals surface area contributed by atoms with Crippen molar-refractivity contribution in [3.05, 3.63) is 34.6 Å². The predicted octanol–water partition coefficient (Wildman–Crippen LogP) is 2.13. The Morgan fingerprint density at radius 3 is 2.95 bits per heavy atom. The van der Waals surface area contributed by atoms with Crippen molar-refractivity contribution >= 4 is 17.6 Å². The summed E-state index contributed by atoms with van der Waals surface area (Å²) in [4.78, 5) is 11.8. The van der Waals surface area contributed by atoms with Crippen LogP contribution in [0.4, 0.5) is 9.18 Å². The number of amides is 2. The molecule has 4 atom stereocenters. The van der Waals surface area contributed by atoms with Gasteiger partial charge in [-0.15, -0.1) is 0 Å². The first-order chi connectivity index (χ1) is 10.5. The molecular weight excluding hydrogens is 311 g/mol. The molecule has 2 amide bonds. The van der Waals surface area contributed by atoms with E-state index < -0.39 is 11.9 Å². The van der Waals surface area contributed by atoms with Gasteiger partial charge in [-0.05, 0) is 37.0 Å². The zero-order valence-electron chi connectivity index (χ0n) is 11.9. The highest BCUT2D eigenvalue weighted by molar-refractivity contribution is 6.30. The number of rotatable bonds is 4. The molecule has 0 unspecified atom stereocenters. The summed E-state index contributed by atoms with van der Waals surface area (Å²) in [5.41, 5.74) is 0.366. The van der Waals surface area contributed by atoms with E-state index in [-0.39, 0.29) is 35.8 Å². The molecule has 2 heterocycles. The van der Waals surface area contributed by atoms with Crippen molar-refractivity contribution in [1.82, 2.24) is 10.6 Å². The Labute approximate surface area is 132 Å². The van der Waals surface area contributed by atoms with E-state index in [1.165, 1.54) is 12.1 Å². The van der Waals surface area contributed by atoms with Crippen LogP contribution in [0.3, 0.4) is 0 Å². The number of halogens is 2. The average molecular weight is 329 g/mol. The Hall–Kier alpha value is -1.37. The van der Waals surface area contributed by atoms with Gasteiger partial charge < -0.3 is 20.5 Å². The van der Waals surface area contributed by atoms with Crippen LogP contribution in [0.25, 0.3) is 0 Å². The van der Waals surface area contributed by atoms with Crippen LogP contribution in [-0.2, 0) is 4.74 Å². The van der Waals surface area contributed by atoms with Crippen molar-refractivity contribution in [1.29, 1.82) is 0 Å². The zero-order chi connectivity index (χ0) is 15.7. The van der Waals surface area contributed by atoms with Crippen LogP contribution in [0.2, 0.25) is 5.02 Å². The Morgan fingerprint density at radius 1 is 1.50 bits per heavy atom. The van der Waals surface area contributed by atoms with Gasteiger partial charge in [-0.3, -0.25) is 0 Å². The standard InChI is InChI=1S/C15H18ClFN2O3/c16-10-3-1-8(5-11(10)17)13(20)7-18-15(21)19-12-6-9-2-4-14(12)22-9/h1,3,5,9,12-14,20H,2,4,6-7H2,(H2,18,19,21)/t9-,12+,13-,14-/m0/s1. The molecule has 0 radical (unpaired) electrons. The first-order valence-corrected chi connectivity index (χ1v) is 7.73. The normalized spacial score (nSPS) is 27.7. The first kappa shape index (κ1) is 15.5. The van der Waals surface area contributed by atoms with Gasteiger partial charge in [-0.2, -0.15) is 0 Å². The third kappa shape index (κ3) is 3.34. The molecule has 0 spiro atoms. The lowest BCUT2D eigenvalue weighted by Crippen LogP contribution is -2.47. The van der Waals surface area contributed by atoms with E-state index in [0.717, 1.165) is 25.3 Å². The van der Waals surface area contributed by atoms with Gasteiger partial charge >= 0.3 is 6.03 Å². The zero-order valence-corrected chi connectivity index (χ0v) is 12.6. The summed E-state index contributed by atoms with van der Waals surface area (Å²) in [5.74, 6) is -0.596. The van der Waals surface area contributed by atoms with Crippen LogP contribution >= 0.6 is 11.6 Å². The molecule has 2 aliphatic heterocycles. The number of urea groups is 1. The predicted molar refractivity (Wildman–Crippen MR) is 79.2 cm³/mol. The number of carbonyl (C=O) groups excluding carboxylic acids is 1. The van der Waals surface area contributed by atoms with Gasteiger partial charge in [0.15, 0.2) is 0 Å². The molecule has 3 N–H and O–H groups in total. The topological polar surface area (TPSA) is 70.6 Å². The number of benzene rings is 1. The Bertz CT molecular complexity index is 572. The molecule has 120 valence electrons. The maximum atomic E-state index is 13.3. The average Bonchev–Trinajstić information content (AvgIpc) is 3.10. The second-order valence-corrected chi connectivity index (χ2v) is 6.17. The number of hydrogen-bond donors (Lipinski definition) is 3. The van der Waals surface area contributed by atoms with Gasteiger partial charge in [0.2, 0.25) is 0 Å². The second-order valence-electron chi connectivity index (χ2n) is 5.76. The minimum atomic E-state index is -0.992. The van der Waals surface area contributed by atoms with Crippen molar-refractivity contribution in [3.8, 4) is 0 Å². The van der Waals surface area contributed by atoms with E-state index >= 15 is 0 Å². The highest BCUT2D eigenvalue weighted by atomic mass is 35.5. The number of carbonyl (C=O) groups is 1. The van der Waals surface area contributed by atoms with Crippen molar-refractivity contribution in [2.75, 3.05) is 6.54 Å².